The number of hydrogen-bond donors (Lipinski definition) is 0. The predicted molar refractivity (Wildman–Crippen MR) is 208 cm³/mol. The monoisotopic (exact) mass is 710 g/mol. The summed E-state index contributed by atoms with van der Waals surface area (Å²) in [5.74, 6) is 1.31. The van der Waals surface area contributed by atoms with Gasteiger partial charge in [-0.3, -0.25) is 0 Å². The minimum absolute atomic E-state index is 0.00137. The number of allylic oxidation sites excluding steroid dienone is 4. The van der Waals surface area contributed by atoms with Crippen molar-refractivity contribution in [1.82, 2.24) is 0 Å². The summed E-state index contributed by atoms with van der Waals surface area (Å²) in [6.07, 6.45) is 11.9. The molecule has 0 atom stereocenters. The van der Waals surface area contributed by atoms with Gasteiger partial charge < -0.3 is 0 Å². The summed E-state index contributed by atoms with van der Waals surface area (Å²) in [5, 5.41) is 0. The van der Waals surface area contributed by atoms with Crippen LogP contribution in [0.5, 0.6) is 0 Å². The van der Waals surface area contributed by atoms with Crippen molar-refractivity contribution in [1.29, 1.82) is 0 Å². The van der Waals surface area contributed by atoms with Crippen molar-refractivity contribution in [2.45, 2.75) is 106 Å². The molecular weight excluding hydrogens is 656 g/mol. The van der Waals surface area contributed by atoms with Gasteiger partial charge in [0.25, 0.3) is 0 Å². The van der Waals surface area contributed by atoms with E-state index in [1.807, 2.05) is 3.21 Å². The van der Waals surface area contributed by atoms with E-state index < -0.39 is 21.3 Å². The standard InChI is InChI=1S/C33H33.C9H18.C5H5.Zr/c1-32(2,3)30-20-26-24(18-28(30)22-13-9-7-10-14-22)17-25-19-29(23-15-11-8-12-16-23)31(21-27(25)26)33(4,5)6;1-8(2)6-5-7-9(3)4;1-2-4-5-3-1;/h7-16,18,20-21H,17H2,1-6H3;8-9H,6-7H2,1-4H3;1-3H,4H2;. The Hall–Kier alpha value is -2.89. The first-order chi connectivity index (χ1) is 22.7. The predicted octanol–water partition coefficient (Wildman–Crippen LogP) is 12.5. The molecule has 0 saturated heterocycles. The number of benzene rings is 4. The molecule has 1 heteroatoms. The van der Waals surface area contributed by atoms with Crippen molar-refractivity contribution < 1.29 is 21.3 Å². The third-order valence-electron chi connectivity index (χ3n) is 10.1. The summed E-state index contributed by atoms with van der Waals surface area (Å²) in [6, 6.07) is 30.3. The van der Waals surface area contributed by atoms with Crippen molar-refractivity contribution >= 4 is 6.48 Å². The van der Waals surface area contributed by atoms with E-state index in [0.717, 1.165) is 12.8 Å². The van der Waals surface area contributed by atoms with Gasteiger partial charge in [-0.15, -0.1) is 0 Å². The molecule has 0 amide bonds. The van der Waals surface area contributed by atoms with Crippen LogP contribution in [-0.2, 0) is 38.5 Å². The summed E-state index contributed by atoms with van der Waals surface area (Å²) in [5.41, 5.74) is 14.8. The molecule has 0 aromatic heterocycles. The molecule has 0 nitrogen and oxygen atoms in total. The molecular formula is C47H56Zr. The maximum absolute atomic E-state index is 2.63. The third kappa shape index (κ3) is 7.05. The number of fused-ring (bicyclic) bond motifs is 3. The van der Waals surface area contributed by atoms with Crippen LogP contribution >= 0.6 is 0 Å². The summed E-state index contributed by atoms with van der Waals surface area (Å²) < 4.78 is 5.43. The van der Waals surface area contributed by atoms with Crippen LogP contribution in [0.2, 0.25) is 0 Å². The summed E-state index contributed by atoms with van der Waals surface area (Å²) in [4.78, 5) is 0. The van der Waals surface area contributed by atoms with Crippen LogP contribution in [-0.4, -0.2) is 3.21 Å². The van der Waals surface area contributed by atoms with E-state index in [1.165, 1.54) is 57.3 Å². The van der Waals surface area contributed by atoms with Gasteiger partial charge in [0.2, 0.25) is 0 Å². The molecule has 248 valence electrons. The van der Waals surface area contributed by atoms with Crippen LogP contribution in [0.3, 0.4) is 0 Å². The Labute approximate surface area is 299 Å². The quantitative estimate of drug-likeness (QED) is 0.150. The molecule has 0 fully saturated rings. The van der Waals surface area contributed by atoms with Gasteiger partial charge in [0.05, 0.1) is 0 Å². The van der Waals surface area contributed by atoms with E-state index in [9.17, 15) is 0 Å². The van der Waals surface area contributed by atoms with Crippen LogP contribution in [0.1, 0.15) is 111 Å². The molecule has 2 aliphatic carbocycles. The van der Waals surface area contributed by atoms with Crippen molar-refractivity contribution in [2.24, 2.45) is 11.8 Å². The molecule has 0 radical (unpaired) electrons. The molecule has 2 aliphatic rings. The van der Waals surface area contributed by atoms with E-state index in [1.54, 1.807) is 17.7 Å². The van der Waals surface area contributed by atoms with Crippen LogP contribution in [0.15, 0.2) is 100 Å². The van der Waals surface area contributed by atoms with Crippen molar-refractivity contribution in [2.75, 3.05) is 0 Å². The van der Waals surface area contributed by atoms with Gasteiger partial charge in [-0.1, -0.05) is 0 Å². The first kappa shape index (κ1) is 35.0. The van der Waals surface area contributed by atoms with Gasteiger partial charge in [0.1, 0.15) is 0 Å². The van der Waals surface area contributed by atoms with Crippen molar-refractivity contribution in [3.8, 4) is 33.4 Å². The zero-order valence-corrected chi connectivity index (χ0v) is 33.7. The van der Waals surface area contributed by atoms with Gasteiger partial charge in [-0.25, -0.2) is 0 Å². The maximum atomic E-state index is 2.63. The Bertz CT molecular complexity index is 1890. The van der Waals surface area contributed by atoms with E-state index in [-0.39, 0.29) is 10.8 Å². The van der Waals surface area contributed by atoms with Gasteiger partial charge in [0.15, 0.2) is 0 Å². The molecule has 6 rings (SSSR count). The second-order valence-corrected chi connectivity index (χ2v) is 23.6. The second kappa shape index (κ2) is 13.8. The van der Waals surface area contributed by atoms with Crippen molar-refractivity contribution in [3.05, 3.63) is 123 Å². The Balaban J connectivity index is 1.77. The van der Waals surface area contributed by atoms with Crippen molar-refractivity contribution in [3.63, 3.8) is 0 Å². The fraction of sp³-hybridized carbons (Fsp3) is 0.383. The number of hydrogen-bond acceptors (Lipinski definition) is 0. The van der Waals surface area contributed by atoms with Crippen LogP contribution in [0.25, 0.3) is 33.4 Å². The average Bonchev–Trinajstić information content (AvgIpc) is 3.68. The second-order valence-electron chi connectivity index (χ2n) is 17.2. The van der Waals surface area contributed by atoms with Gasteiger partial charge in [-0.05, 0) is 0 Å². The van der Waals surface area contributed by atoms with E-state index in [2.05, 4.69) is 166 Å². The average molecular weight is 712 g/mol. The minimum atomic E-state index is -2.61. The third-order valence-corrected chi connectivity index (χ3v) is 17.9. The topological polar surface area (TPSA) is 0 Å². The van der Waals surface area contributed by atoms with Crippen LogP contribution < -0.4 is 3.27 Å². The normalized spacial score (nSPS) is 14.0. The summed E-state index contributed by atoms with van der Waals surface area (Å²) in [6.45, 7) is 24.2. The molecule has 0 saturated carbocycles. The van der Waals surface area contributed by atoms with Gasteiger partial charge >= 0.3 is 301 Å². The Morgan fingerprint density at radius 2 is 1.23 bits per heavy atom. The molecule has 0 aliphatic heterocycles. The SMILES string of the molecule is CC(C)C[C](CC(C)C)=[Zr]([C]1=CC=CC1)[c]1c2c(cc(C(C)(C)C)c1-c1ccccc1)-c1cc(C(C)(C)C)c(-c3ccccc3)cc1C2. The van der Waals surface area contributed by atoms with Gasteiger partial charge in [0, 0.05) is 0 Å². The summed E-state index contributed by atoms with van der Waals surface area (Å²) >= 11 is -2.61. The van der Waals surface area contributed by atoms with E-state index >= 15 is 0 Å². The molecule has 4 aromatic carbocycles. The fourth-order valence-electron chi connectivity index (χ4n) is 8.10. The van der Waals surface area contributed by atoms with Gasteiger partial charge in [-0.2, -0.15) is 0 Å². The summed E-state index contributed by atoms with van der Waals surface area (Å²) in [7, 11) is 0. The molecule has 0 unspecified atom stereocenters. The zero-order valence-electron chi connectivity index (χ0n) is 31.2. The molecule has 48 heavy (non-hydrogen) atoms. The molecule has 4 aromatic rings. The first-order valence-corrected chi connectivity index (χ1v) is 22.0. The van der Waals surface area contributed by atoms with E-state index in [4.69, 9.17) is 0 Å². The molecule has 0 heterocycles. The Morgan fingerprint density at radius 3 is 1.75 bits per heavy atom. The zero-order chi connectivity index (χ0) is 34.4. The van der Waals surface area contributed by atoms with E-state index in [0.29, 0.717) is 11.8 Å². The Morgan fingerprint density at radius 1 is 0.667 bits per heavy atom. The molecule has 0 spiro atoms. The molecule has 0 N–H and O–H groups in total. The fourth-order valence-corrected chi connectivity index (χ4v) is 17.9. The van der Waals surface area contributed by atoms with Crippen LogP contribution in [0, 0.1) is 11.8 Å². The Kier molecular flexibility index (Phi) is 10.0. The van der Waals surface area contributed by atoms with Crippen LogP contribution in [0.4, 0.5) is 0 Å². The number of rotatable bonds is 8. The first-order valence-electron chi connectivity index (χ1n) is 18.3. The molecule has 0 bridgehead atoms.